The molecule has 1 atom stereocenters. The van der Waals surface area contributed by atoms with E-state index in [1.165, 1.54) is 5.56 Å². The molecule has 0 aromatic carbocycles. The number of aryl methyl sites for hydroxylation is 1. The molecule has 0 fully saturated rings. The number of fused-ring (bicyclic) bond motifs is 1. The first-order valence-corrected chi connectivity index (χ1v) is 6.57. The van der Waals surface area contributed by atoms with Gasteiger partial charge >= 0.3 is 0 Å². The van der Waals surface area contributed by atoms with Crippen LogP contribution in [0.2, 0.25) is 0 Å². The topological polar surface area (TPSA) is 66.5 Å². The third-order valence-electron chi connectivity index (χ3n) is 2.90. The Morgan fingerprint density at radius 3 is 3.06 bits per heavy atom. The predicted octanol–water partition coefficient (Wildman–Crippen LogP) is 2.90. The molecule has 0 aliphatic heterocycles. The first-order chi connectivity index (χ1) is 8.75. The number of thiophene rings is 1. The van der Waals surface area contributed by atoms with Gasteiger partial charge < -0.3 is 5.32 Å². The van der Waals surface area contributed by atoms with Crippen molar-refractivity contribution in [1.82, 2.24) is 20.2 Å². The molecule has 92 valence electrons. The summed E-state index contributed by atoms with van der Waals surface area (Å²) in [5.74, 6) is 0.881. The van der Waals surface area contributed by atoms with Crippen molar-refractivity contribution < 1.29 is 0 Å². The monoisotopic (exact) mass is 259 g/mol. The van der Waals surface area contributed by atoms with Crippen LogP contribution in [0.5, 0.6) is 0 Å². The van der Waals surface area contributed by atoms with Crippen LogP contribution in [-0.2, 0) is 0 Å². The Hall–Kier alpha value is -1.95. The van der Waals surface area contributed by atoms with Crippen LogP contribution in [0.25, 0.3) is 10.2 Å². The average molecular weight is 259 g/mol. The molecule has 5 nitrogen and oxygen atoms in total. The summed E-state index contributed by atoms with van der Waals surface area (Å²) in [6, 6.07) is 0.157. The number of H-pyrrole nitrogens is 1. The molecule has 0 spiro atoms. The maximum Gasteiger partial charge on any atom is 0.147 e. The molecule has 0 aliphatic rings. The van der Waals surface area contributed by atoms with E-state index in [9.17, 15) is 0 Å². The molecule has 3 rings (SSSR count). The Labute approximate surface area is 108 Å². The normalized spacial score (nSPS) is 12.8. The van der Waals surface area contributed by atoms with Crippen molar-refractivity contribution >= 4 is 27.4 Å². The maximum absolute atomic E-state index is 4.33. The van der Waals surface area contributed by atoms with Gasteiger partial charge in [0.15, 0.2) is 0 Å². The van der Waals surface area contributed by atoms with Crippen LogP contribution in [0.1, 0.15) is 24.1 Å². The van der Waals surface area contributed by atoms with E-state index < -0.39 is 0 Å². The molecule has 1 unspecified atom stereocenters. The highest BCUT2D eigenvalue weighted by atomic mass is 32.1. The molecule has 3 heterocycles. The summed E-state index contributed by atoms with van der Waals surface area (Å²) in [5, 5.41) is 12.3. The molecule has 6 heteroatoms. The summed E-state index contributed by atoms with van der Waals surface area (Å²) >= 11 is 1.67. The van der Waals surface area contributed by atoms with Crippen LogP contribution in [0.15, 0.2) is 24.1 Å². The smallest absolute Gasteiger partial charge is 0.147 e. The minimum absolute atomic E-state index is 0.157. The Balaban J connectivity index is 1.95. The number of hydrogen-bond acceptors (Lipinski definition) is 5. The van der Waals surface area contributed by atoms with Gasteiger partial charge in [-0.15, -0.1) is 11.3 Å². The lowest BCUT2D eigenvalue weighted by Gasteiger charge is -2.12. The van der Waals surface area contributed by atoms with E-state index in [0.717, 1.165) is 21.6 Å². The molecule has 3 aromatic heterocycles. The van der Waals surface area contributed by atoms with Gasteiger partial charge in [0.2, 0.25) is 0 Å². The summed E-state index contributed by atoms with van der Waals surface area (Å²) in [4.78, 5) is 8.64. The van der Waals surface area contributed by atoms with Crippen molar-refractivity contribution in [3.63, 3.8) is 0 Å². The van der Waals surface area contributed by atoms with Crippen LogP contribution >= 0.6 is 11.3 Å². The Kier molecular flexibility index (Phi) is 2.71. The molecule has 0 bridgehead atoms. The molecule has 0 radical (unpaired) electrons. The predicted molar refractivity (Wildman–Crippen MR) is 72.8 cm³/mol. The van der Waals surface area contributed by atoms with Gasteiger partial charge in [0.1, 0.15) is 12.1 Å². The molecule has 3 aromatic rings. The van der Waals surface area contributed by atoms with Crippen LogP contribution < -0.4 is 5.32 Å². The highest BCUT2D eigenvalue weighted by molar-refractivity contribution is 7.18. The van der Waals surface area contributed by atoms with Crippen LogP contribution in [0.4, 0.5) is 5.82 Å². The molecular formula is C12H13N5S. The molecular weight excluding hydrogens is 246 g/mol. The fourth-order valence-corrected chi connectivity index (χ4v) is 2.81. The van der Waals surface area contributed by atoms with E-state index in [1.54, 1.807) is 17.7 Å². The zero-order valence-electron chi connectivity index (χ0n) is 10.1. The summed E-state index contributed by atoms with van der Waals surface area (Å²) in [7, 11) is 0. The van der Waals surface area contributed by atoms with E-state index in [4.69, 9.17) is 0 Å². The van der Waals surface area contributed by atoms with Crippen LogP contribution in [0.3, 0.4) is 0 Å². The summed E-state index contributed by atoms with van der Waals surface area (Å²) < 4.78 is 1.10. The van der Waals surface area contributed by atoms with Gasteiger partial charge in [-0.25, -0.2) is 9.97 Å². The van der Waals surface area contributed by atoms with Crippen molar-refractivity contribution in [2.75, 3.05) is 5.32 Å². The zero-order chi connectivity index (χ0) is 12.5. The quantitative estimate of drug-likeness (QED) is 0.759. The Morgan fingerprint density at radius 1 is 1.39 bits per heavy atom. The van der Waals surface area contributed by atoms with Gasteiger partial charge in [0, 0.05) is 11.8 Å². The highest BCUT2D eigenvalue weighted by Gasteiger charge is 2.12. The lowest BCUT2D eigenvalue weighted by atomic mass is 10.2. The average Bonchev–Trinajstić information content (AvgIpc) is 3.00. The molecule has 0 saturated carbocycles. The minimum Gasteiger partial charge on any atom is -0.362 e. The lowest BCUT2D eigenvalue weighted by molar-refractivity contribution is 0.877. The van der Waals surface area contributed by atoms with Crippen LogP contribution in [-0.4, -0.2) is 20.2 Å². The number of rotatable bonds is 3. The van der Waals surface area contributed by atoms with Crippen molar-refractivity contribution in [3.8, 4) is 0 Å². The number of aromatic amines is 1. The van der Waals surface area contributed by atoms with Crippen LogP contribution in [0, 0.1) is 6.92 Å². The van der Waals surface area contributed by atoms with Crippen molar-refractivity contribution in [1.29, 1.82) is 0 Å². The maximum atomic E-state index is 4.33. The van der Waals surface area contributed by atoms with E-state index >= 15 is 0 Å². The van der Waals surface area contributed by atoms with Gasteiger partial charge in [-0.05, 0) is 24.8 Å². The number of hydrogen-bond donors (Lipinski definition) is 2. The van der Waals surface area contributed by atoms with Crippen molar-refractivity contribution in [3.05, 3.63) is 35.2 Å². The van der Waals surface area contributed by atoms with Gasteiger partial charge in [0.05, 0.1) is 22.5 Å². The number of aromatic nitrogens is 4. The van der Waals surface area contributed by atoms with Gasteiger partial charge in [0.25, 0.3) is 0 Å². The molecule has 0 saturated heterocycles. The molecule has 2 N–H and O–H groups in total. The number of nitrogens with zero attached hydrogens (tertiary/aromatic N) is 3. The van der Waals surface area contributed by atoms with E-state index in [1.807, 2.05) is 12.4 Å². The largest absolute Gasteiger partial charge is 0.362 e. The van der Waals surface area contributed by atoms with E-state index in [2.05, 4.69) is 44.7 Å². The number of anilines is 1. The molecule has 18 heavy (non-hydrogen) atoms. The third kappa shape index (κ3) is 1.84. The fourth-order valence-electron chi connectivity index (χ4n) is 1.86. The summed E-state index contributed by atoms with van der Waals surface area (Å²) in [6.45, 7) is 4.15. The van der Waals surface area contributed by atoms with Gasteiger partial charge in [-0.1, -0.05) is 0 Å². The second-order valence-corrected chi connectivity index (χ2v) is 5.10. The van der Waals surface area contributed by atoms with Crippen molar-refractivity contribution in [2.45, 2.75) is 19.9 Å². The van der Waals surface area contributed by atoms with Crippen molar-refractivity contribution in [2.24, 2.45) is 0 Å². The third-order valence-corrected chi connectivity index (χ3v) is 4.00. The van der Waals surface area contributed by atoms with E-state index in [-0.39, 0.29) is 6.04 Å². The standard InChI is InChI=1S/C12H13N5S/c1-7-5-18-11-10(7)13-6-14-12(11)17-8(2)9-3-15-16-4-9/h3-6,8H,1-2H3,(H,15,16)(H,13,14,17). The zero-order valence-corrected chi connectivity index (χ0v) is 11.0. The Bertz CT molecular complexity index is 658. The van der Waals surface area contributed by atoms with Gasteiger partial charge in [-0.2, -0.15) is 5.10 Å². The Morgan fingerprint density at radius 2 is 2.28 bits per heavy atom. The van der Waals surface area contributed by atoms with Gasteiger partial charge in [-0.3, -0.25) is 5.10 Å². The number of nitrogens with one attached hydrogen (secondary N) is 2. The second-order valence-electron chi connectivity index (χ2n) is 4.22. The fraction of sp³-hybridized carbons (Fsp3) is 0.250. The lowest BCUT2D eigenvalue weighted by Crippen LogP contribution is -2.07. The minimum atomic E-state index is 0.157. The summed E-state index contributed by atoms with van der Waals surface area (Å²) in [5.41, 5.74) is 3.32. The summed E-state index contributed by atoms with van der Waals surface area (Å²) in [6.07, 6.45) is 5.30. The first kappa shape index (κ1) is 11.2. The molecule has 0 aliphatic carbocycles. The SMILES string of the molecule is Cc1csc2c(NC(C)c3cn[nH]c3)ncnc12. The molecule has 0 amide bonds. The van der Waals surface area contributed by atoms with E-state index in [0.29, 0.717) is 0 Å². The highest BCUT2D eigenvalue weighted by Crippen LogP contribution is 2.30. The second kappa shape index (κ2) is 4.38. The first-order valence-electron chi connectivity index (χ1n) is 5.69.